The van der Waals surface area contributed by atoms with Gasteiger partial charge in [0.2, 0.25) is 0 Å². The van der Waals surface area contributed by atoms with Gasteiger partial charge in [-0.2, -0.15) is 9.78 Å². The predicted octanol–water partition coefficient (Wildman–Crippen LogP) is 6.48. The third-order valence-corrected chi connectivity index (χ3v) is 6.21. The highest BCUT2D eigenvalue weighted by atomic mass is 79.9. The molecule has 6 nitrogen and oxygen atoms in total. The van der Waals surface area contributed by atoms with E-state index >= 15 is 0 Å². The first-order chi connectivity index (χ1) is 16.9. The molecule has 0 N–H and O–H groups in total. The van der Waals surface area contributed by atoms with E-state index in [9.17, 15) is 9.18 Å². The van der Waals surface area contributed by atoms with Crippen molar-refractivity contribution in [2.24, 2.45) is 5.10 Å². The van der Waals surface area contributed by atoms with Crippen LogP contribution in [0.5, 0.6) is 11.5 Å². The molecule has 0 bridgehead atoms. The monoisotopic (exact) mass is 601 g/mol. The highest BCUT2D eigenvalue weighted by Crippen LogP contribution is 2.35. The minimum atomic E-state index is -0.358. The van der Waals surface area contributed by atoms with Crippen LogP contribution in [0, 0.1) is 5.82 Å². The third-order valence-electron chi connectivity index (χ3n) is 5.26. The number of hydrogen-bond donors (Lipinski definition) is 0. The summed E-state index contributed by atoms with van der Waals surface area (Å²) in [6, 6.07) is 15.3. The van der Waals surface area contributed by atoms with Crippen molar-refractivity contribution >= 4 is 49.0 Å². The molecule has 0 atom stereocenters. The van der Waals surface area contributed by atoms with E-state index in [4.69, 9.17) is 9.47 Å². The molecule has 35 heavy (non-hydrogen) atoms. The summed E-state index contributed by atoms with van der Waals surface area (Å²) in [5.41, 5.74) is 1.31. The lowest BCUT2D eigenvalue weighted by atomic mass is 10.2. The minimum absolute atomic E-state index is 0.00189. The molecule has 1 aromatic heterocycles. The van der Waals surface area contributed by atoms with E-state index < -0.39 is 0 Å². The Kier molecular flexibility index (Phi) is 7.97. The number of rotatable bonds is 8. The lowest BCUT2D eigenvalue weighted by Gasteiger charge is -2.15. The topological polar surface area (TPSA) is 65.7 Å². The van der Waals surface area contributed by atoms with Crippen LogP contribution in [-0.2, 0) is 13.0 Å². The Morgan fingerprint density at radius 1 is 1.11 bits per heavy atom. The Morgan fingerprint density at radius 2 is 1.91 bits per heavy atom. The number of ether oxygens (including phenoxy) is 2. The number of aryl methyl sites for hydroxylation is 1. The second-order valence-electron chi connectivity index (χ2n) is 7.71. The summed E-state index contributed by atoms with van der Waals surface area (Å²) in [5, 5.41) is 4.95. The van der Waals surface area contributed by atoms with Crippen molar-refractivity contribution in [2.75, 3.05) is 7.11 Å². The number of halogens is 3. The lowest BCUT2D eigenvalue weighted by Crippen LogP contribution is -2.22. The largest absolute Gasteiger partial charge is 0.493 e. The van der Waals surface area contributed by atoms with Crippen molar-refractivity contribution in [2.45, 2.75) is 26.4 Å². The summed E-state index contributed by atoms with van der Waals surface area (Å²) < 4.78 is 28.4. The average molecular weight is 603 g/mol. The number of fused-ring (bicyclic) bond motifs is 1. The SMILES string of the molecule is CCCc1nc2ccc(Br)cc2c(=O)n1N=Cc1cc(Br)cc(OC)c1OCc1ccccc1F. The molecule has 3 aromatic carbocycles. The number of nitrogens with zero attached hydrogens (tertiary/aromatic N) is 3. The van der Waals surface area contributed by atoms with E-state index in [1.807, 2.05) is 19.1 Å². The van der Waals surface area contributed by atoms with Crippen LogP contribution in [0.1, 0.15) is 30.3 Å². The fraction of sp³-hybridized carbons (Fsp3) is 0.192. The standard InChI is InChI=1S/C26H22Br2FN3O3/c1-3-6-24-31-22-10-9-18(27)12-20(22)26(33)32(24)30-14-17-11-19(28)13-23(34-2)25(17)35-15-16-7-4-5-8-21(16)29/h4-5,7-14H,3,6,15H2,1-2H3. The summed E-state index contributed by atoms with van der Waals surface area (Å²) >= 11 is 6.89. The Balaban J connectivity index is 1.79. The van der Waals surface area contributed by atoms with E-state index in [-0.39, 0.29) is 18.0 Å². The number of methoxy groups -OCH3 is 1. The molecule has 0 saturated heterocycles. The van der Waals surface area contributed by atoms with E-state index in [0.717, 1.165) is 15.4 Å². The smallest absolute Gasteiger partial charge is 0.282 e. The van der Waals surface area contributed by atoms with Crippen molar-refractivity contribution in [3.63, 3.8) is 0 Å². The molecule has 0 unspecified atom stereocenters. The summed E-state index contributed by atoms with van der Waals surface area (Å²) in [6.07, 6.45) is 2.90. The van der Waals surface area contributed by atoms with Crippen LogP contribution in [0.2, 0.25) is 0 Å². The van der Waals surface area contributed by atoms with Crippen LogP contribution < -0.4 is 15.0 Å². The maximum Gasteiger partial charge on any atom is 0.282 e. The quantitative estimate of drug-likeness (QED) is 0.216. The first-order valence-electron chi connectivity index (χ1n) is 10.9. The lowest BCUT2D eigenvalue weighted by molar-refractivity contribution is 0.279. The summed E-state index contributed by atoms with van der Waals surface area (Å²) in [7, 11) is 1.52. The van der Waals surface area contributed by atoms with Gasteiger partial charge in [0.25, 0.3) is 5.56 Å². The Morgan fingerprint density at radius 3 is 2.66 bits per heavy atom. The minimum Gasteiger partial charge on any atom is -0.493 e. The van der Waals surface area contributed by atoms with Crippen molar-refractivity contribution in [1.29, 1.82) is 0 Å². The normalized spacial score (nSPS) is 11.3. The predicted molar refractivity (Wildman–Crippen MR) is 142 cm³/mol. The fourth-order valence-corrected chi connectivity index (χ4v) is 4.39. The van der Waals surface area contributed by atoms with Crippen LogP contribution in [0.15, 0.2) is 73.4 Å². The van der Waals surface area contributed by atoms with Crippen LogP contribution >= 0.6 is 31.9 Å². The molecule has 0 fully saturated rings. The highest BCUT2D eigenvalue weighted by Gasteiger charge is 2.15. The average Bonchev–Trinajstić information content (AvgIpc) is 2.84. The summed E-state index contributed by atoms with van der Waals surface area (Å²) in [4.78, 5) is 18.0. The molecule has 0 aliphatic rings. The molecule has 0 aliphatic carbocycles. The van der Waals surface area contributed by atoms with Gasteiger partial charge in [-0.25, -0.2) is 9.37 Å². The van der Waals surface area contributed by atoms with Gasteiger partial charge in [0, 0.05) is 26.5 Å². The number of hydrogen-bond acceptors (Lipinski definition) is 5. The van der Waals surface area contributed by atoms with Crippen molar-refractivity contribution in [3.8, 4) is 11.5 Å². The summed E-state index contributed by atoms with van der Waals surface area (Å²) in [6.45, 7) is 2.01. The Labute approximate surface area is 218 Å². The van der Waals surface area contributed by atoms with Crippen LogP contribution in [-0.4, -0.2) is 23.0 Å². The first kappa shape index (κ1) is 25.1. The molecule has 0 amide bonds. The fourth-order valence-electron chi connectivity index (χ4n) is 3.58. The third kappa shape index (κ3) is 5.62. The molecule has 9 heteroatoms. The molecule has 1 heterocycles. The van der Waals surface area contributed by atoms with Gasteiger partial charge in [0.05, 0.1) is 24.2 Å². The van der Waals surface area contributed by atoms with Crippen molar-refractivity contribution in [3.05, 3.63) is 96.7 Å². The van der Waals surface area contributed by atoms with Gasteiger partial charge in [-0.15, -0.1) is 0 Å². The van der Waals surface area contributed by atoms with Crippen molar-refractivity contribution < 1.29 is 13.9 Å². The molecule has 4 rings (SSSR count). The highest BCUT2D eigenvalue weighted by molar-refractivity contribution is 9.10. The van der Waals surface area contributed by atoms with Gasteiger partial charge in [0.1, 0.15) is 18.2 Å². The maximum absolute atomic E-state index is 14.1. The Bertz CT molecular complexity index is 1470. The van der Waals surface area contributed by atoms with Crippen LogP contribution in [0.4, 0.5) is 4.39 Å². The molecule has 0 aliphatic heterocycles. The van der Waals surface area contributed by atoms with Gasteiger partial charge in [0.15, 0.2) is 11.5 Å². The molecule has 180 valence electrons. The zero-order valence-electron chi connectivity index (χ0n) is 19.1. The van der Waals surface area contributed by atoms with Crippen molar-refractivity contribution in [1.82, 2.24) is 9.66 Å². The van der Waals surface area contributed by atoms with Gasteiger partial charge in [-0.3, -0.25) is 4.79 Å². The van der Waals surface area contributed by atoms with E-state index in [0.29, 0.717) is 45.8 Å². The molecule has 0 spiro atoms. The molecular weight excluding hydrogens is 581 g/mol. The zero-order chi connectivity index (χ0) is 24.9. The number of aromatic nitrogens is 2. The first-order valence-corrected chi connectivity index (χ1v) is 12.5. The van der Waals surface area contributed by atoms with Crippen LogP contribution in [0.3, 0.4) is 0 Å². The van der Waals surface area contributed by atoms with Crippen LogP contribution in [0.25, 0.3) is 10.9 Å². The summed E-state index contributed by atoms with van der Waals surface area (Å²) in [5.74, 6) is 1.02. The Hall–Kier alpha value is -3.04. The van der Waals surface area contributed by atoms with E-state index in [1.54, 1.807) is 36.4 Å². The van der Waals surface area contributed by atoms with Gasteiger partial charge in [-0.05, 0) is 42.8 Å². The zero-order valence-corrected chi connectivity index (χ0v) is 22.3. The molecular formula is C26H22Br2FN3O3. The number of benzene rings is 3. The maximum atomic E-state index is 14.1. The second-order valence-corrected chi connectivity index (χ2v) is 9.54. The molecule has 0 saturated carbocycles. The second kappa shape index (κ2) is 11.1. The molecule has 4 aromatic rings. The van der Waals surface area contributed by atoms with Gasteiger partial charge >= 0.3 is 0 Å². The molecule has 0 radical (unpaired) electrons. The van der Waals surface area contributed by atoms with Gasteiger partial charge < -0.3 is 9.47 Å². The van der Waals surface area contributed by atoms with E-state index in [1.165, 1.54) is 24.1 Å². The van der Waals surface area contributed by atoms with E-state index in [2.05, 4.69) is 41.9 Å². The van der Waals surface area contributed by atoms with Gasteiger partial charge in [-0.1, -0.05) is 57.0 Å².